The van der Waals surface area contributed by atoms with Gasteiger partial charge in [0.1, 0.15) is 5.82 Å². The molecule has 1 aromatic heterocycles. The number of hydrogen-bond acceptors (Lipinski definition) is 3. The van der Waals surface area contributed by atoms with Crippen LogP contribution >= 0.6 is 11.6 Å². The van der Waals surface area contributed by atoms with Gasteiger partial charge in [-0.25, -0.2) is 9.37 Å². The molecule has 21 heavy (non-hydrogen) atoms. The number of imidazole rings is 1. The summed E-state index contributed by atoms with van der Waals surface area (Å²) in [5, 5.41) is -0.333. The quantitative estimate of drug-likeness (QED) is 0.834. The molecule has 0 radical (unpaired) electrons. The van der Waals surface area contributed by atoms with Crippen molar-refractivity contribution in [1.29, 1.82) is 0 Å². The van der Waals surface area contributed by atoms with E-state index in [0.29, 0.717) is 24.3 Å². The molecule has 5 nitrogen and oxygen atoms in total. The van der Waals surface area contributed by atoms with Crippen molar-refractivity contribution in [3.05, 3.63) is 23.8 Å². The van der Waals surface area contributed by atoms with Crippen LogP contribution in [0.1, 0.15) is 31.0 Å². The second kappa shape index (κ2) is 6.30. The Morgan fingerprint density at radius 2 is 2.29 bits per heavy atom. The summed E-state index contributed by atoms with van der Waals surface area (Å²) in [6.45, 7) is 2.32. The third kappa shape index (κ3) is 3.26. The minimum atomic E-state index is -0.472. The number of carbonyl (C=O) groups is 1. The zero-order valence-electron chi connectivity index (χ0n) is 11.9. The van der Waals surface area contributed by atoms with Gasteiger partial charge in [-0.05, 0) is 13.3 Å². The van der Waals surface area contributed by atoms with Crippen molar-refractivity contribution in [2.75, 3.05) is 7.11 Å². The highest BCUT2D eigenvalue weighted by Gasteiger charge is 2.17. The highest BCUT2D eigenvalue weighted by molar-refractivity contribution is 6.20. The molecule has 0 aliphatic carbocycles. The van der Waals surface area contributed by atoms with Gasteiger partial charge in [-0.1, -0.05) is 0 Å². The first-order valence-corrected chi connectivity index (χ1v) is 7.03. The Kier molecular flexibility index (Phi) is 4.67. The summed E-state index contributed by atoms with van der Waals surface area (Å²) < 4.78 is 20.6. The fourth-order valence-electron chi connectivity index (χ4n) is 2.25. The SMILES string of the molecule is COc1cc2c(cc1F)nc(C(C)Cl)n2CCCC(N)=O. The van der Waals surface area contributed by atoms with Gasteiger partial charge >= 0.3 is 0 Å². The summed E-state index contributed by atoms with van der Waals surface area (Å²) in [6.07, 6.45) is 0.838. The number of alkyl halides is 1. The summed E-state index contributed by atoms with van der Waals surface area (Å²) in [7, 11) is 1.41. The smallest absolute Gasteiger partial charge is 0.217 e. The van der Waals surface area contributed by atoms with Crippen LogP contribution in [0.15, 0.2) is 12.1 Å². The number of rotatable bonds is 6. The van der Waals surface area contributed by atoms with Crippen molar-refractivity contribution in [2.24, 2.45) is 5.73 Å². The Labute approximate surface area is 126 Å². The number of nitrogens with two attached hydrogens (primary N) is 1. The molecule has 0 saturated heterocycles. The molecule has 2 N–H and O–H groups in total. The Balaban J connectivity index is 2.47. The second-order valence-corrected chi connectivity index (χ2v) is 5.44. The van der Waals surface area contributed by atoms with Crippen LogP contribution in [-0.4, -0.2) is 22.6 Å². The van der Waals surface area contributed by atoms with E-state index in [-0.39, 0.29) is 23.5 Å². The van der Waals surface area contributed by atoms with Crippen molar-refractivity contribution in [3.63, 3.8) is 0 Å². The summed E-state index contributed by atoms with van der Waals surface area (Å²) in [5.74, 6) is -0.0554. The van der Waals surface area contributed by atoms with Gasteiger partial charge in [-0.15, -0.1) is 11.6 Å². The van der Waals surface area contributed by atoms with Gasteiger partial charge in [0, 0.05) is 25.1 Å². The summed E-state index contributed by atoms with van der Waals surface area (Å²) in [5.41, 5.74) is 6.38. The number of methoxy groups -OCH3 is 1. The first-order chi connectivity index (χ1) is 9.93. The topological polar surface area (TPSA) is 70.1 Å². The van der Waals surface area contributed by atoms with Crippen LogP contribution < -0.4 is 10.5 Å². The largest absolute Gasteiger partial charge is 0.494 e. The maximum absolute atomic E-state index is 13.8. The molecule has 1 aromatic carbocycles. The summed E-state index contributed by atoms with van der Waals surface area (Å²) in [4.78, 5) is 15.2. The monoisotopic (exact) mass is 313 g/mol. The van der Waals surface area contributed by atoms with Gasteiger partial charge in [0.05, 0.1) is 23.5 Å². The fourth-order valence-corrected chi connectivity index (χ4v) is 2.42. The van der Waals surface area contributed by atoms with Crippen molar-refractivity contribution in [3.8, 4) is 5.75 Å². The van der Waals surface area contributed by atoms with E-state index in [1.165, 1.54) is 13.2 Å². The zero-order chi connectivity index (χ0) is 15.6. The van der Waals surface area contributed by atoms with Gasteiger partial charge < -0.3 is 15.0 Å². The van der Waals surface area contributed by atoms with Gasteiger partial charge in [0.15, 0.2) is 11.6 Å². The molecule has 0 spiro atoms. The van der Waals surface area contributed by atoms with E-state index in [1.807, 2.05) is 4.57 Å². The molecule has 7 heteroatoms. The molecule has 0 saturated carbocycles. The van der Waals surface area contributed by atoms with E-state index in [9.17, 15) is 9.18 Å². The minimum absolute atomic E-state index is 0.146. The molecule has 0 fully saturated rings. The Morgan fingerprint density at radius 1 is 1.57 bits per heavy atom. The average Bonchev–Trinajstić information content (AvgIpc) is 2.75. The lowest BCUT2D eigenvalue weighted by Gasteiger charge is -2.10. The molecule has 0 aliphatic heterocycles. The number of ether oxygens (including phenoxy) is 1. The maximum Gasteiger partial charge on any atom is 0.217 e. The zero-order valence-corrected chi connectivity index (χ0v) is 12.7. The molecule has 1 atom stereocenters. The van der Waals surface area contributed by atoms with Crippen LogP contribution in [0, 0.1) is 5.82 Å². The number of hydrogen-bond donors (Lipinski definition) is 1. The molecular formula is C14H17ClFN3O2. The molecule has 2 rings (SSSR count). The maximum atomic E-state index is 13.8. The third-order valence-corrected chi connectivity index (χ3v) is 3.41. The molecule has 0 aliphatic rings. The van der Waals surface area contributed by atoms with Crippen LogP contribution in [0.2, 0.25) is 0 Å². The van der Waals surface area contributed by atoms with Crippen LogP contribution in [-0.2, 0) is 11.3 Å². The number of aryl methyl sites for hydroxylation is 1. The number of halogens is 2. The summed E-state index contributed by atoms with van der Waals surface area (Å²) in [6, 6.07) is 2.91. The minimum Gasteiger partial charge on any atom is -0.494 e. The van der Waals surface area contributed by atoms with E-state index < -0.39 is 5.82 Å². The van der Waals surface area contributed by atoms with Gasteiger partial charge in [-0.2, -0.15) is 0 Å². The molecule has 0 bridgehead atoms. The van der Waals surface area contributed by atoms with Crippen molar-refractivity contribution >= 4 is 28.5 Å². The van der Waals surface area contributed by atoms with Crippen molar-refractivity contribution < 1.29 is 13.9 Å². The van der Waals surface area contributed by atoms with Crippen molar-refractivity contribution in [2.45, 2.75) is 31.7 Å². The molecule has 1 heterocycles. The van der Waals surface area contributed by atoms with Crippen LogP contribution in [0.25, 0.3) is 11.0 Å². The van der Waals surface area contributed by atoms with Gasteiger partial charge in [-0.3, -0.25) is 4.79 Å². The van der Waals surface area contributed by atoms with Crippen LogP contribution in [0.3, 0.4) is 0 Å². The lowest BCUT2D eigenvalue weighted by Crippen LogP contribution is -2.12. The van der Waals surface area contributed by atoms with E-state index >= 15 is 0 Å². The van der Waals surface area contributed by atoms with Crippen LogP contribution in [0.5, 0.6) is 5.75 Å². The van der Waals surface area contributed by atoms with Crippen molar-refractivity contribution in [1.82, 2.24) is 9.55 Å². The number of amides is 1. The fraction of sp³-hybridized carbons (Fsp3) is 0.429. The van der Waals surface area contributed by atoms with Gasteiger partial charge in [0.25, 0.3) is 0 Å². The number of nitrogens with zero attached hydrogens (tertiary/aromatic N) is 2. The lowest BCUT2D eigenvalue weighted by atomic mass is 10.2. The molecule has 2 aromatic rings. The standard InChI is InChI=1S/C14H17ClFN3O2/c1-8(15)14-18-10-6-9(16)12(21-2)7-11(10)19(14)5-3-4-13(17)20/h6-8H,3-5H2,1-2H3,(H2,17,20). The number of benzene rings is 1. The Hall–Kier alpha value is -1.82. The molecular weight excluding hydrogens is 297 g/mol. The number of primary amides is 1. The number of fused-ring (bicyclic) bond motifs is 1. The number of aromatic nitrogens is 2. The summed E-state index contributed by atoms with van der Waals surface area (Å²) >= 11 is 6.13. The Bertz CT molecular complexity index is 670. The normalized spacial score (nSPS) is 12.6. The first kappa shape index (κ1) is 15.6. The molecule has 114 valence electrons. The Morgan fingerprint density at radius 3 is 2.86 bits per heavy atom. The van der Waals surface area contributed by atoms with E-state index in [0.717, 1.165) is 5.52 Å². The average molecular weight is 314 g/mol. The van der Waals surface area contributed by atoms with E-state index in [2.05, 4.69) is 4.98 Å². The van der Waals surface area contributed by atoms with Crippen LogP contribution in [0.4, 0.5) is 4.39 Å². The highest BCUT2D eigenvalue weighted by Crippen LogP contribution is 2.29. The highest BCUT2D eigenvalue weighted by atomic mass is 35.5. The van der Waals surface area contributed by atoms with E-state index in [1.54, 1.807) is 13.0 Å². The molecule has 1 unspecified atom stereocenters. The number of carbonyl (C=O) groups excluding carboxylic acids is 1. The predicted octanol–water partition coefficient (Wildman–Crippen LogP) is 2.75. The first-order valence-electron chi connectivity index (χ1n) is 6.60. The second-order valence-electron chi connectivity index (χ2n) is 4.78. The predicted molar refractivity (Wildman–Crippen MR) is 78.9 cm³/mol. The van der Waals surface area contributed by atoms with E-state index in [4.69, 9.17) is 22.1 Å². The third-order valence-electron chi connectivity index (χ3n) is 3.21. The lowest BCUT2D eigenvalue weighted by molar-refractivity contribution is -0.118. The van der Waals surface area contributed by atoms with Gasteiger partial charge in [0.2, 0.25) is 5.91 Å². The molecule has 1 amide bonds.